The van der Waals surface area contributed by atoms with Crippen molar-refractivity contribution < 1.29 is 14.6 Å². The van der Waals surface area contributed by atoms with Crippen molar-refractivity contribution in [3.8, 4) is 5.75 Å². The predicted molar refractivity (Wildman–Crippen MR) is 109 cm³/mol. The Kier molecular flexibility index (Phi) is 4.52. The summed E-state index contributed by atoms with van der Waals surface area (Å²) in [4.78, 5) is 18.0. The van der Waals surface area contributed by atoms with E-state index < -0.39 is 0 Å². The molecule has 0 aliphatic heterocycles. The second-order valence-corrected chi connectivity index (χ2v) is 8.25. The van der Waals surface area contributed by atoms with Gasteiger partial charge in [-0.3, -0.25) is 4.79 Å². The number of carbonyl (C=O) groups excluding carboxylic acids is 1. The van der Waals surface area contributed by atoms with Crippen LogP contribution in [0.1, 0.15) is 47.4 Å². The van der Waals surface area contributed by atoms with Gasteiger partial charge in [-0.1, -0.05) is 19.9 Å². The van der Waals surface area contributed by atoms with Crippen LogP contribution in [-0.4, -0.2) is 35.3 Å². The summed E-state index contributed by atoms with van der Waals surface area (Å²) >= 11 is 1.69. The number of thioether (sulfide) groups is 1. The fourth-order valence-corrected chi connectivity index (χ4v) is 4.30. The number of aromatic amines is 1. The number of hydrogen-bond acceptors (Lipinski definition) is 4. The molecule has 4 nitrogen and oxygen atoms in total. The van der Waals surface area contributed by atoms with Crippen LogP contribution >= 0.6 is 11.8 Å². The maximum atomic E-state index is 13.3. The van der Waals surface area contributed by atoms with Crippen LogP contribution in [0.25, 0.3) is 10.9 Å². The lowest BCUT2D eigenvalue weighted by molar-refractivity contribution is 0.103. The summed E-state index contributed by atoms with van der Waals surface area (Å²) in [5.74, 6) is 0.789. The van der Waals surface area contributed by atoms with Crippen LogP contribution in [-0.2, 0) is 5.41 Å². The number of ether oxygens (including phenoxy) is 1. The second kappa shape index (κ2) is 6.73. The highest BCUT2D eigenvalue weighted by Gasteiger charge is 2.39. The predicted octanol–water partition coefficient (Wildman–Crippen LogP) is 4.52. The molecule has 1 aliphatic carbocycles. The number of ketones is 1. The lowest BCUT2D eigenvalue weighted by Gasteiger charge is -2.32. The minimum Gasteiger partial charge on any atom is -0.493 e. The van der Waals surface area contributed by atoms with Gasteiger partial charge in [-0.2, -0.15) is 0 Å². The number of rotatable bonds is 5. The summed E-state index contributed by atoms with van der Waals surface area (Å²) < 4.78 is 5.73. The Bertz CT molecular complexity index is 1040. The van der Waals surface area contributed by atoms with Gasteiger partial charge in [-0.25, -0.2) is 0 Å². The van der Waals surface area contributed by atoms with Crippen molar-refractivity contribution in [1.29, 1.82) is 0 Å². The van der Waals surface area contributed by atoms with Gasteiger partial charge in [0.15, 0.2) is 5.78 Å². The zero-order valence-corrected chi connectivity index (χ0v) is 16.6. The highest BCUT2D eigenvalue weighted by atomic mass is 32.2. The SMILES string of the molecule is CSc1ccc2c3c([nH]c2c1)C(C)(C)c1cc(OCCCO)ccc1C3=O. The number of hydrogen-bond donors (Lipinski definition) is 2. The van der Waals surface area contributed by atoms with E-state index in [1.807, 2.05) is 30.5 Å². The standard InChI is InChI=1S/C22H23NO3S/c1-22(2)17-11-13(26-10-4-9-24)5-7-15(17)20(25)19-16-8-6-14(27-3)12-18(16)23-21(19)22/h5-8,11-12,23-24H,4,9-10H2,1-3H3. The molecule has 27 heavy (non-hydrogen) atoms. The van der Waals surface area contributed by atoms with Crippen LogP contribution in [0.15, 0.2) is 41.3 Å². The number of H-pyrrole nitrogens is 1. The number of aliphatic hydroxyl groups is 1. The first-order valence-electron chi connectivity index (χ1n) is 9.10. The molecule has 5 heteroatoms. The Labute approximate surface area is 162 Å². The first-order chi connectivity index (χ1) is 13.0. The largest absolute Gasteiger partial charge is 0.493 e. The number of benzene rings is 2. The second-order valence-electron chi connectivity index (χ2n) is 7.37. The lowest BCUT2D eigenvalue weighted by atomic mass is 9.71. The average molecular weight is 381 g/mol. The highest BCUT2D eigenvalue weighted by Crippen LogP contribution is 2.44. The van der Waals surface area contributed by atoms with Gasteiger partial charge < -0.3 is 14.8 Å². The number of carbonyl (C=O) groups is 1. The van der Waals surface area contributed by atoms with Crippen molar-refractivity contribution in [3.63, 3.8) is 0 Å². The molecule has 1 aromatic heterocycles. The van der Waals surface area contributed by atoms with Crippen molar-refractivity contribution in [2.45, 2.75) is 30.6 Å². The first-order valence-corrected chi connectivity index (χ1v) is 10.3. The van der Waals surface area contributed by atoms with Gasteiger partial charge >= 0.3 is 0 Å². The third kappa shape index (κ3) is 2.86. The van der Waals surface area contributed by atoms with Crippen LogP contribution in [0.5, 0.6) is 5.75 Å². The Morgan fingerprint density at radius 2 is 2.00 bits per heavy atom. The van der Waals surface area contributed by atoms with Gasteiger partial charge in [-0.15, -0.1) is 11.8 Å². The third-order valence-corrected chi connectivity index (χ3v) is 6.06. The monoisotopic (exact) mass is 381 g/mol. The maximum absolute atomic E-state index is 13.3. The molecule has 0 bridgehead atoms. The minimum atomic E-state index is -0.340. The zero-order valence-electron chi connectivity index (χ0n) is 15.8. The molecule has 0 amide bonds. The molecule has 0 fully saturated rings. The van der Waals surface area contributed by atoms with Crippen molar-refractivity contribution in [2.75, 3.05) is 19.5 Å². The Balaban J connectivity index is 1.85. The third-order valence-electron chi connectivity index (χ3n) is 5.34. The fourth-order valence-electron chi connectivity index (χ4n) is 3.86. The Hall–Kier alpha value is -2.24. The van der Waals surface area contributed by atoms with E-state index in [0.29, 0.717) is 13.0 Å². The molecule has 0 atom stereocenters. The molecule has 0 saturated carbocycles. The lowest BCUT2D eigenvalue weighted by Crippen LogP contribution is -2.30. The van der Waals surface area contributed by atoms with Gasteiger partial charge in [0.05, 0.1) is 12.2 Å². The maximum Gasteiger partial charge on any atom is 0.195 e. The molecule has 2 N–H and O–H groups in total. The molecule has 140 valence electrons. The molecule has 0 spiro atoms. The van der Waals surface area contributed by atoms with Gasteiger partial charge in [0.2, 0.25) is 0 Å². The number of aromatic nitrogens is 1. The molecule has 4 rings (SSSR count). The van der Waals surface area contributed by atoms with Crippen molar-refractivity contribution >= 4 is 28.4 Å². The summed E-state index contributed by atoms with van der Waals surface area (Å²) in [6.45, 7) is 4.84. The van der Waals surface area contributed by atoms with E-state index in [4.69, 9.17) is 9.84 Å². The average Bonchev–Trinajstić information content (AvgIpc) is 3.06. The summed E-state index contributed by atoms with van der Waals surface area (Å²) in [7, 11) is 0. The molecule has 3 aromatic rings. The minimum absolute atomic E-state index is 0.0596. The summed E-state index contributed by atoms with van der Waals surface area (Å²) in [5, 5.41) is 9.92. The van der Waals surface area contributed by atoms with Crippen molar-refractivity contribution in [3.05, 3.63) is 58.8 Å². The molecular weight excluding hydrogens is 358 g/mol. The van der Waals surface area contributed by atoms with E-state index in [2.05, 4.69) is 31.0 Å². The summed E-state index contributed by atoms with van der Waals surface area (Å²) in [6.07, 6.45) is 2.64. The molecule has 2 aromatic carbocycles. The molecule has 0 radical (unpaired) electrons. The fraction of sp³-hybridized carbons (Fsp3) is 0.318. The molecular formula is C22H23NO3S. The van der Waals surface area contributed by atoms with E-state index in [-0.39, 0.29) is 17.8 Å². The Morgan fingerprint density at radius 1 is 1.19 bits per heavy atom. The van der Waals surface area contributed by atoms with Gasteiger partial charge in [-0.05, 0) is 42.2 Å². The quantitative estimate of drug-likeness (QED) is 0.504. The molecule has 0 unspecified atom stereocenters. The normalized spacial score (nSPS) is 14.9. The van der Waals surface area contributed by atoms with Crippen molar-refractivity contribution in [2.24, 2.45) is 0 Å². The van der Waals surface area contributed by atoms with Crippen LogP contribution < -0.4 is 4.74 Å². The van der Waals surface area contributed by atoms with Gasteiger partial charge in [0.1, 0.15) is 5.75 Å². The number of aliphatic hydroxyl groups excluding tert-OH is 1. The van der Waals surface area contributed by atoms with E-state index >= 15 is 0 Å². The Morgan fingerprint density at radius 3 is 2.74 bits per heavy atom. The molecule has 1 heterocycles. The number of fused-ring (bicyclic) bond motifs is 4. The first kappa shape index (κ1) is 18.1. The van der Waals surface area contributed by atoms with Gasteiger partial charge in [0, 0.05) is 45.5 Å². The molecule has 0 saturated heterocycles. The van der Waals surface area contributed by atoms with Crippen LogP contribution in [0.4, 0.5) is 0 Å². The smallest absolute Gasteiger partial charge is 0.195 e. The topological polar surface area (TPSA) is 62.3 Å². The highest BCUT2D eigenvalue weighted by molar-refractivity contribution is 7.98. The zero-order chi connectivity index (χ0) is 19.2. The van der Waals surface area contributed by atoms with E-state index in [9.17, 15) is 4.79 Å². The summed E-state index contributed by atoms with van der Waals surface area (Å²) in [5.41, 5.74) is 4.10. The molecule has 1 aliphatic rings. The van der Waals surface area contributed by atoms with Crippen LogP contribution in [0, 0.1) is 0 Å². The summed E-state index contributed by atoms with van der Waals surface area (Å²) in [6, 6.07) is 11.9. The van der Waals surface area contributed by atoms with Gasteiger partial charge in [0.25, 0.3) is 0 Å². The van der Waals surface area contributed by atoms with E-state index in [1.54, 1.807) is 11.8 Å². The van der Waals surface area contributed by atoms with E-state index in [1.165, 1.54) is 4.90 Å². The number of nitrogens with one attached hydrogen (secondary N) is 1. The van der Waals surface area contributed by atoms with Crippen LogP contribution in [0.3, 0.4) is 0 Å². The van der Waals surface area contributed by atoms with Crippen LogP contribution in [0.2, 0.25) is 0 Å². The van der Waals surface area contributed by atoms with E-state index in [0.717, 1.165) is 39.0 Å². The van der Waals surface area contributed by atoms with Crippen molar-refractivity contribution in [1.82, 2.24) is 4.98 Å².